The van der Waals surface area contributed by atoms with E-state index >= 15 is 0 Å². The lowest BCUT2D eigenvalue weighted by molar-refractivity contribution is -0.00450. The van der Waals surface area contributed by atoms with Crippen molar-refractivity contribution in [2.75, 3.05) is 0 Å². The summed E-state index contributed by atoms with van der Waals surface area (Å²) in [5.74, 6) is 0.905. The monoisotopic (exact) mass is 268 g/mol. The highest BCUT2D eigenvalue weighted by atomic mass is 35.5. The fraction of sp³-hybridized carbons (Fsp3) is 0.625. The quantitative estimate of drug-likeness (QED) is 0.803. The maximum atomic E-state index is 11.0. The minimum Gasteiger partial charge on any atom is -0.385 e. The lowest BCUT2D eigenvalue weighted by atomic mass is 9.79. The van der Waals surface area contributed by atoms with E-state index in [4.69, 9.17) is 11.6 Å². The average Bonchev–Trinajstić information content (AvgIpc) is 2.19. The highest BCUT2D eigenvalue weighted by molar-refractivity contribution is 6.31. The second-order valence-corrected chi connectivity index (χ2v) is 6.60. The zero-order valence-electron chi connectivity index (χ0n) is 12.1. The Labute approximate surface area is 116 Å². The van der Waals surface area contributed by atoms with Gasteiger partial charge in [-0.1, -0.05) is 51.4 Å². The Balaban J connectivity index is 3.11. The summed E-state index contributed by atoms with van der Waals surface area (Å²) >= 11 is 6.18. The molecule has 1 nitrogen and oxygen atoms in total. The lowest BCUT2D eigenvalue weighted by Crippen LogP contribution is -2.29. The van der Waals surface area contributed by atoms with Crippen LogP contribution in [0.3, 0.4) is 0 Å². The molecule has 0 unspecified atom stereocenters. The molecule has 0 bridgehead atoms. The van der Waals surface area contributed by atoms with E-state index in [2.05, 4.69) is 27.7 Å². The van der Waals surface area contributed by atoms with Crippen molar-refractivity contribution >= 4 is 11.6 Å². The standard InChI is InChI=1S/C16H25ClO/c1-11(2)9-16(18,10-12(3)4)14-7-6-13(5)15(17)8-14/h6-8,11-12,18H,9-10H2,1-5H3. The van der Waals surface area contributed by atoms with Crippen LogP contribution in [0, 0.1) is 18.8 Å². The van der Waals surface area contributed by atoms with Gasteiger partial charge in [0.05, 0.1) is 5.60 Å². The Hall–Kier alpha value is -0.530. The number of aliphatic hydroxyl groups is 1. The summed E-state index contributed by atoms with van der Waals surface area (Å²) in [5, 5.41) is 11.7. The minimum absolute atomic E-state index is 0.453. The highest BCUT2D eigenvalue weighted by Gasteiger charge is 2.31. The first-order valence-electron chi connectivity index (χ1n) is 6.73. The van der Waals surface area contributed by atoms with Gasteiger partial charge in [0.1, 0.15) is 0 Å². The zero-order chi connectivity index (χ0) is 13.9. The van der Waals surface area contributed by atoms with E-state index in [0.29, 0.717) is 11.8 Å². The summed E-state index contributed by atoms with van der Waals surface area (Å²) in [5.41, 5.74) is 1.23. The van der Waals surface area contributed by atoms with Crippen LogP contribution in [0.4, 0.5) is 0 Å². The summed E-state index contributed by atoms with van der Waals surface area (Å²) in [7, 11) is 0. The minimum atomic E-state index is -0.764. The maximum absolute atomic E-state index is 11.0. The van der Waals surface area contributed by atoms with Gasteiger partial charge < -0.3 is 5.11 Å². The number of benzene rings is 1. The summed E-state index contributed by atoms with van der Waals surface area (Å²) in [6.45, 7) is 10.5. The first-order chi connectivity index (χ1) is 8.24. The molecule has 0 aromatic heterocycles. The molecular weight excluding hydrogens is 244 g/mol. The molecule has 102 valence electrons. The van der Waals surface area contributed by atoms with E-state index in [1.165, 1.54) is 0 Å². The van der Waals surface area contributed by atoms with Crippen molar-refractivity contribution in [3.05, 3.63) is 34.3 Å². The van der Waals surface area contributed by atoms with Gasteiger partial charge in [0.25, 0.3) is 0 Å². The average molecular weight is 269 g/mol. The van der Waals surface area contributed by atoms with Crippen LogP contribution in [0.25, 0.3) is 0 Å². The van der Waals surface area contributed by atoms with Gasteiger partial charge in [-0.25, -0.2) is 0 Å². The molecule has 1 aromatic rings. The summed E-state index contributed by atoms with van der Waals surface area (Å²) in [6.07, 6.45) is 1.54. The van der Waals surface area contributed by atoms with Crippen molar-refractivity contribution in [2.45, 2.75) is 53.1 Å². The second-order valence-electron chi connectivity index (χ2n) is 6.19. The van der Waals surface area contributed by atoms with Gasteiger partial charge in [0, 0.05) is 5.02 Å². The van der Waals surface area contributed by atoms with E-state index in [0.717, 1.165) is 29.0 Å². The molecule has 0 amide bonds. The smallest absolute Gasteiger partial charge is 0.0902 e. The molecule has 0 radical (unpaired) electrons. The number of hydrogen-bond donors (Lipinski definition) is 1. The summed E-state index contributed by atoms with van der Waals surface area (Å²) < 4.78 is 0. The molecule has 18 heavy (non-hydrogen) atoms. The summed E-state index contributed by atoms with van der Waals surface area (Å²) in [4.78, 5) is 0. The van der Waals surface area contributed by atoms with Crippen LogP contribution in [0.1, 0.15) is 51.7 Å². The van der Waals surface area contributed by atoms with Gasteiger partial charge in [0.2, 0.25) is 0 Å². The van der Waals surface area contributed by atoms with Gasteiger partial charge in [0.15, 0.2) is 0 Å². The first-order valence-corrected chi connectivity index (χ1v) is 7.11. The largest absolute Gasteiger partial charge is 0.385 e. The molecule has 0 heterocycles. The molecule has 0 spiro atoms. The molecule has 1 N–H and O–H groups in total. The Kier molecular flexibility index (Phi) is 5.24. The van der Waals surface area contributed by atoms with Crippen molar-refractivity contribution in [3.8, 4) is 0 Å². The van der Waals surface area contributed by atoms with Crippen LogP contribution in [-0.4, -0.2) is 5.11 Å². The SMILES string of the molecule is Cc1ccc(C(O)(CC(C)C)CC(C)C)cc1Cl. The molecule has 0 atom stereocenters. The molecule has 0 saturated carbocycles. The Morgan fingerprint density at radius 3 is 2.00 bits per heavy atom. The first kappa shape index (κ1) is 15.5. The highest BCUT2D eigenvalue weighted by Crippen LogP contribution is 2.36. The van der Waals surface area contributed by atoms with E-state index < -0.39 is 5.60 Å². The predicted octanol–water partition coefficient (Wildman–Crippen LogP) is 4.93. The molecule has 1 aromatic carbocycles. The third-order valence-electron chi connectivity index (χ3n) is 3.20. The van der Waals surface area contributed by atoms with Crippen LogP contribution < -0.4 is 0 Å². The predicted molar refractivity (Wildman–Crippen MR) is 79.0 cm³/mol. The van der Waals surface area contributed by atoms with Crippen molar-refractivity contribution in [1.82, 2.24) is 0 Å². The van der Waals surface area contributed by atoms with Gasteiger partial charge in [-0.3, -0.25) is 0 Å². The molecule has 2 heteroatoms. The Morgan fingerprint density at radius 2 is 1.61 bits per heavy atom. The zero-order valence-corrected chi connectivity index (χ0v) is 12.9. The van der Waals surface area contributed by atoms with Crippen molar-refractivity contribution in [2.24, 2.45) is 11.8 Å². The van der Waals surface area contributed by atoms with Crippen LogP contribution in [-0.2, 0) is 5.60 Å². The van der Waals surface area contributed by atoms with Gasteiger partial charge in [-0.2, -0.15) is 0 Å². The van der Waals surface area contributed by atoms with Crippen molar-refractivity contribution in [1.29, 1.82) is 0 Å². The molecule has 0 fully saturated rings. The lowest BCUT2D eigenvalue weighted by Gasteiger charge is -2.32. The number of aryl methyl sites for hydroxylation is 1. The van der Waals surface area contributed by atoms with E-state index in [-0.39, 0.29) is 0 Å². The van der Waals surface area contributed by atoms with Gasteiger partial charge in [-0.15, -0.1) is 0 Å². The van der Waals surface area contributed by atoms with E-state index in [9.17, 15) is 5.11 Å². The third kappa shape index (κ3) is 4.00. The number of rotatable bonds is 5. The molecule has 1 rings (SSSR count). The van der Waals surface area contributed by atoms with Gasteiger partial charge >= 0.3 is 0 Å². The van der Waals surface area contributed by atoms with Crippen LogP contribution in [0.2, 0.25) is 5.02 Å². The molecule has 0 saturated heterocycles. The fourth-order valence-corrected chi connectivity index (χ4v) is 2.73. The fourth-order valence-electron chi connectivity index (χ4n) is 2.55. The van der Waals surface area contributed by atoms with Crippen LogP contribution in [0.15, 0.2) is 18.2 Å². The second kappa shape index (κ2) is 6.08. The Bertz CT molecular complexity index is 386. The van der Waals surface area contributed by atoms with Crippen LogP contribution >= 0.6 is 11.6 Å². The third-order valence-corrected chi connectivity index (χ3v) is 3.61. The molecule has 0 aliphatic carbocycles. The normalized spacial score (nSPS) is 12.5. The van der Waals surface area contributed by atoms with Crippen LogP contribution in [0.5, 0.6) is 0 Å². The molecule has 0 aliphatic heterocycles. The maximum Gasteiger partial charge on any atom is 0.0902 e. The topological polar surface area (TPSA) is 20.2 Å². The molecule has 0 aliphatic rings. The molecular formula is C16H25ClO. The van der Waals surface area contributed by atoms with Crippen molar-refractivity contribution < 1.29 is 5.11 Å². The van der Waals surface area contributed by atoms with E-state index in [1.807, 2.05) is 25.1 Å². The Morgan fingerprint density at radius 1 is 1.11 bits per heavy atom. The summed E-state index contributed by atoms with van der Waals surface area (Å²) in [6, 6.07) is 5.91. The number of hydrogen-bond acceptors (Lipinski definition) is 1. The van der Waals surface area contributed by atoms with E-state index in [1.54, 1.807) is 0 Å². The van der Waals surface area contributed by atoms with Gasteiger partial charge in [-0.05, 0) is 48.8 Å². The number of halogens is 1. The van der Waals surface area contributed by atoms with Crippen molar-refractivity contribution in [3.63, 3.8) is 0 Å².